The molecule has 0 radical (unpaired) electrons. The normalized spacial score (nSPS) is 11.2. The molecule has 2 N–H and O–H groups in total. The molecule has 8 heteroatoms. The number of hydrogen-bond acceptors (Lipinski definition) is 4. The summed E-state index contributed by atoms with van der Waals surface area (Å²) in [6, 6.07) is 6.87. The molecular weight excluding hydrogens is 310 g/mol. The molecule has 19 heavy (non-hydrogen) atoms. The molecule has 1 aromatic carbocycles. The maximum absolute atomic E-state index is 12.0. The van der Waals surface area contributed by atoms with Crippen LogP contribution in [-0.4, -0.2) is 19.5 Å². The Morgan fingerprint density at radius 2 is 2.05 bits per heavy atom. The lowest BCUT2D eigenvalue weighted by Crippen LogP contribution is -2.12. The van der Waals surface area contributed by atoms with Crippen molar-refractivity contribution in [3.8, 4) is 0 Å². The molecule has 1 heterocycles. The third-order valence-electron chi connectivity index (χ3n) is 2.22. The molecule has 0 saturated heterocycles. The largest absolute Gasteiger partial charge is 0.478 e. The summed E-state index contributed by atoms with van der Waals surface area (Å²) in [6.07, 6.45) is 0. The number of thiophene rings is 1. The number of carboxylic acid groups (broad SMARTS) is 1. The van der Waals surface area contributed by atoms with E-state index in [1.54, 1.807) is 11.4 Å². The predicted molar refractivity (Wildman–Crippen MR) is 73.5 cm³/mol. The van der Waals surface area contributed by atoms with Gasteiger partial charge < -0.3 is 5.11 Å². The second-order valence-electron chi connectivity index (χ2n) is 3.54. The minimum absolute atomic E-state index is 0.0101. The van der Waals surface area contributed by atoms with Gasteiger partial charge in [-0.2, -0.15) is 0 Å². The van der Waals surface area contributed by atoms with Gasteiger partial charge in [0, 0.05) is 0 Å². The quantitative estimate of drug-likeness (QED) is 0.908. The number of anilines is 1. The van der Waals surface area contributed by atoms with Crippen LogP contribution in [0.1, 0.15) is 10.4 Å². The van der Waals surface area contributed by atoms with Crippen LogP contribution in [0.2, 0.25) is 5.02 Å². The maximum Gasteiger partial charge on any atom is 0.335 e. The lowest BCUT2D eigenvalue weighted by atomic mass is 10.2. The molecule has 0 atom stereocenters. The second-order valence-corrected chi connectivity index (χ2v) is 6.80. The molecule has 100 valence electrons. The summed E-state index contributed by atoms with van der Waals surface area (Å²) in [7, 11) is -3.69. The average molecular weight is 318 g/mol. The van der Waals surface area contributed by atoms with Crippen molar-refractivity contribution >= 4 is 44.6 Å². The fourth-order valence-corrected chi connectivity index (χ4v) is 3.70. The van der Waals surface area contributed by atoms with Gasteiger partial charge in [0.05, 0.1) is 16.3 Å². The zero-order valence-corrected chi connectivity index (χ0v) is 11.7. The van der Waals surface area contributed by atoms with E-state index < -0.39 is 16.0 Å². The van der Waals surface area contributed by atoms with Crippen LogP contribution in [0.15, 0.2) is 39.9 Å². The van der Waals surface area contributed by atoms with Crippen LogP contribution >= 0.6 is 22.9 Å². The Morgan fingerprint density at radius 3 is 2.58 bits per heavy atom. The molecule has 0 bridgehead atoms. The van der Waals surface area contributed by atoms with Crippen molar-refractivity contribution in [3.05, 3.63) is 46.3 Å². The van der Waals surface area contributed by atoms with E-state index in [1.165, 1.54) is 24.3 Å². The van der Waals surface area contributed by atoms with E-state index in [0.29, 0.717) is 0 Å². The molecular formula is C11H8ClNO4S2. The monoisotopic (exact) mass is 317 g/mol. The van der Waals surface area contributed by atoms with E-state index in [1.807, 2.05) is 0 Å². The van der Waals surface area contributed by atoms with Crippen LogP contribution in [0, 0.1) is 0 Å². The molecule has 2 rings (SSSR count). The zero-order chi connectivity index (χ0) is 14.0. The Labute approximate surface area is 118 Å². The number of rotatable bonds is 4. The minimum atomic E-state index is -3.69. The average Bonchev–Trinajstić information content (AvgIpc) is 2.85. The lowest BCUT2D eigenvalue weighted by Gasteiger charge is -2.08. The number of aromatic carboxylic acids is 1. The van der Waals surface area contributed by atoms with Crippen LogP contribution in [0.4, 0.5) is 5.69 Å². The van der Waals surface area contributed by atoms with Crippen molar-refractivity contribution in [3.63, 3.8) is 0 Å². The highest BCUT2D eigenvalue weighted by Crippen LogP contribution is 2.27. The third-order valence-corrected chi connectivity index (χ3v) is 5.30. The van der Waals surface area contributed by atoms with Crippen molar-refractivity contribution < 1.29 is 18.3 Å². The van der Waals surface area contributed by atoms with Gasteiger partial charge in [0.2, 0.25) is 0 Å². The van der Waals surface area contributed by atoms with Gasteiger partial charge in [0.15, 0.2) is 0 Å². The van der Waals surface area contributed by atoms with Crippen LogP contribution < -0.4 is 4.72 Å². The standard InChI is InChI=1S/C11H8ClNO4S2/c12-8-6-7(11(14)15)3-4-9(8)13-19(16,17)10-2-1-5-18-10/h1-6,13H,(H,14,15). The third kappa shape index (κ3) is 3.06. The molecule has 0 fully saturated rings. The summed E-state index contributed by atoms with van der Waals surface area (Å²) in [4.78, 5) is 10.7. The molecule has 1 aromatic heterocycles. The van der Waals surface area contributed by atoms with Crippen molar-refractivity contribution in [1.82, 2.24) is 0 Å². The Balaban J connectivity index is 2.32. The zero-order valence-electron chi connectivity index (χ0n) is 9.33. The van der Waals surface area contributed by atoms with E-state index in [2.05, 4.69) is 4.72 Å². The SMILES string of the molecule is O=C(O)c1ccc(NS(=O)(=O)c2cccs2)c(Cl)c1. The van der Waals surface area contributed by atoms with E-state index in [-0.39, 0.29) is 20.5 Å². The summed E-state index contributed by atoms with van der Waals surface area (Å²) >= 11 is 6.93. The molecule has 0 spiro atoms. The first-order valence-electron chi connectivity index (χ1n) is 4.99. The summed E-state index contributed by atoms with van der Waals surface area (Å²) < 4.78 is 26.4. The Bertz CT molecular complexity index is 710. The number of carboxylic acids is 1. The molecule has 0 saturated carbocycles. The molecule has 0 aliphatic rings. The number of halogens is 1. The van der Waals surface area contributed by atoms with Gasteiger partial charge in [-0.3, -0.25) is 4.72 Å². The van der Waals surface area contributed by atoms with Gasteiger partial charge in [-0.25, -0.2) is 13.2 Å². The summed E-state index contributed by atoms with van der Waals surface area (Å²) in [6.45, 7) is 0. The second kappa shape index (κ2) is 5.20. The Morgan fingerprint density at radius 1 is 1.32 bits per heavy atom. The van der Waals surface area contributed by atoms with Gasteiger partial charge in [-0.05, 0) is 29.6 Å². The predicted octanol–water partition coefficient (Wildman–Crippen LogP) is 2.90. The molecule has 0 unspecified atom stereocenters. The number of sulfonamides is 1. The molecule has 0 aliphatic heterocycles. The van der Waals surface area contributed by atoms with E-state index >= 15 is 0 Å². The first kappa shape index (κ1) is 13.9. The first-order chi connectivity index (χ1) is 8.90. The topological polar surface area (TPSA) is 83.5 Å². The molecule has 2 aromatic rings. The van der Waals surface area contributed by atoms with Crippen LogP contribution in [0.5, 0.6) is 0 Å². The number of nitrogens with one attached hydrogen (secondary N) is 1. The first-order valence-corrected chi connectivity index (χ1v) is 7.73. The molecule has 0 amide bonds. The summed E-state index contributed by atoms with van der Waals surface area (Å²) in [5.74, 6) is -1.13. The van der Waals surface area contributed by atoms with E-state index in [4.69, 9.17) is 16.7 Å². The maximum atomic E-state index is 12.0. The highest BCUT2D eigenvalue weighted by Gasteiger charge is 2.17. The van der Waals surface area contributed by atoms with Crippen LogP contribution in [-0.2, 0) is 10.0 Å². The smallest absolute Gasteiger partial charge is 0.335 e. The van der Waals surface area contributed by atoms with Crippen molar-refractivity contribution in [2.75, 3.05) is 4.72 Å². The van der Waals surface area contributed by atoms with Crippen LogP contribution in [0.25, 0.3) is 0 Å². The van der Waals surface area contributed by atoms with E-state index in [9.17, 15) is 13.2 Å². The number of carbonyl (C=O) groups is 1. The van der Waals surface area contributed by atoms with Crippen molar-refractivity contribution in [2.45, 2.75) is 4.21 Å². The van der Waals surface area contributed by atoms with Gasteiger partial charge in [-0.15, -0.1) is 11.3 Å². The van der Waals surface area contributed by atoms with Gasteiger partial charge in [0.25, 0.3) is 10.0 Å². The molecule has 5 nitrogen and oxygen atoms in total. The minimum Gasteiger partial charge on any atom is -0.478 e. The lowest BCUT2D eigenvalue weighted by molar-refractivity contribution is 0.0697. The highest BCUT2D eigenvalue weighted by molar-refractivity contribution is 7.94. The summed E-state index contributed by atoms with van der Waals surface area (Å²) in [5, 5.41) is 10.5. The number of benzene rings is 1. The fraction of sp³-hybridized carbons (Fsp3) is 0. The summed E-state index contributed by atoms with van der Waals surface area (Å²) in [5.41, 5.74) is 0.129. The fourth-order valence-electron chi connectivity index (χ4n) is 1.34. The molecule has 0 aliphatic carbocycles. The van der Waals surface area contributed by atoms with Gasteiger partial charge in [0.1, 0.15) is 4.21 Å². The van der Waals surface area contributed by atoms with Gasteiger partial charge in [-0.1, -0.05) is 17.7 Å². The van der Waals surface area contributed by atoms with Crippen molar-refractivity contribution in [2.24, 2.45) is 0 Å². The number of hydrogen-bond donors (Lipinski definition) is 2. The van der Waals surface area contributed by atoms with E-state index in [0.717, 1.165) is 11.3 Å². The van der Waals surface area contributed by atoms with Crippen LogP contribution in [0.3, 0.4) is 0 Å². The highest BCUT2D eigenvalue weighted by atomic mass is 35.5. The Kier molecular flexibility index (Phi) is 3.79. The Hall–Kier alpha value is -1.57. The van der Waals surface area contributed by atoms with Crippen molar-refractivity contribution in [1.29, 1.82) is 0 Å². The van der Waals surface area contributed by atoms with Gasteiger partial charge >= 0.3 is 5.97 Å².